The number of methoxy groups -OCH3 is 1. The Kier molecular flexibility index (Phi) is 5.19. The summed E-state index contributed by atoms with van der Waals surface area (Å²) in [5.74, 6) is 1.17. The number of carbonyl (C=O) groups is 1. The van der Waals surface area contributed by atoms with Crippen LogP contribution in [0.15, 0.2) is 24.5 Å². The standard InChI is InChI=1S/C18H25N7O2/c1-27-16-4-7-20-18(21-16)24-11-9-23(10-12-24)17(26)15-5-8-25(22-15)14-3-2-6-19-13-14/h4-5,7-8,14,19H,2-3,6,9-13H2,1H3. The van der Waals surface area contributed by atoms with Crippen molar-refractivity contribution in [3.63, 3.8) is 0 Å². The van der Waals surface area contributed by atoms with E-state index in [9.17, 15) is 4.79 Å². The minimum Gasteiger partial charge on any atom is -0.481 e. The number of piperidine rings is 1. The van der Waals surface area contributed by atoms with Crippen LogP contribution < -0.4 is 15.0 Å². The maximum atomic E-state index is 12.8. The first-order valence-corrected chi connectivity index (χ1v) is 9.42. The second-order valence-electron chi connectivity index (χ2n) is 6.86. The van der Waals surface area contributed by atoms with Crippen molar-refractivity contribution in [3.05, 3.63) is 30.2 Å². The topological polar surface area (TPSA) is 88.4 Å². The molecule has 2 aromatic rings. The summed E-state index contributed by atoms with van der Waals surface area (Å²) in [7, 11) is 1.59. The fraction of sp³-hybridized carbons (Fsp3) is 0.556. The predicted octanol–water partition coefficient (Wildman–Crippen LogP) is 0.569. The highest BCUT2D eigenvalue weighted by molar-refractivity contribution is 5.92. The third kappa shape index (κ3) is 3.87. The lowest BCUT2D eigenvalue weighted by Crippen LogP contribution is -2.49. The van der Waals surface area contributed by atoms with Gasteiger partial charge in [0, 0.05) is 51.2 Å². The van der Waals surface area contributed by atoms with E-state index in [1.54, 1.807) is 19.4 Å². The number of nitrogens with one attached hydrogen (secondary N) is 1. The van der Waals surface area contributed by atoms with Crippen molar-refractivity contribution in [2.24, 2.45) is 0 Å². The zero-order chi connectivity index (χ0) is 18.6. The number of piperazine rings is 1. The van der Waals surface area contributed by atoms with Crippen LogP contribution in [0.2, 0.25) is 0 Å². The molecule has 9 nitrogen and oxygen atoms in total. The molecule has 2 fully saturated rings. The molecule has 0 bridgehead atoms. The van der Waals surface area contributed by atoms with Crippen LogP contribution in [-0.2, 0) is 0 Å². The van der Waals surface area contributed by atoms with Gasteiger partial charge in [0.25, 0.3) is 5.91 Å². The van der Waals surface area contributed by atoms with Crippen molar-refractivity contribution in [3.8, 4) is 5.88 Å². The molecule has 2 aliphatic heterocycles. The molecule has 1 atom stereocenters. The average molecular weight is 371 g/mol. The summed E-state index contributed by atoms with van der Waals surface area (Å²) < 4.78 is 7.09. The molecule has 2 aromatic heterocycles. The number of nitrogens with zero attached hydrogens (tertiary/aromatic N) is 6. The van der Waals surface area contributed by atoms with Crippen LogP contribution in [0.4, 0.5) is 5.95 Å². The highest BCUT2D eigenvalue weighted by atomic mass is 16.5. The predicted molar refractivity (Wildman–Crippen MR) is 100 cm³/mol. The van der Waals surface area contributed by atoms with Gasteiger partial charge in [-0.1, -0.05) is 0 Å². The number of hydrogen-bond donors (Lipinski definition) is 1. The number of amides is 1. The van der Waals surface area contributed by atoms with Crippen LogP contribution in [0.25, 0.3) is 0 Å². The van der Waals surface area contributed by atoms with E-state index in [4.69, 9.17) is 4.74 Å². The number of rotatable bonds is 4. The summed E-state index contributed by atoms with van der Waals surface area (Å²) in [5, 5.41) is 7.92. The molecule has 0 saturated carbocycles. The van der Waals surface area contributed by atoms with Gasteiger partial charge in [0.2, 0.25) is 11.8 Å². The van der Waals surface area contributed by atoms with E-state index in [1.807, 2.05) is 21.8 Å². The maximum absolute atomic E-state index is 12.8. The van der Waals surface area contributed by atoms with E-state index >= 15 is 0 Å². The molecule has 0 aromatic carbocycles. The molecule has 27 heavy (non-hydrogen) atoms. The van der Waals surface area contributed by atoms with Gasteiger partial charge in [-0.3, -0.25) is 9.48 Å². The lowest BCUT2D eigenvalue weighted by molar-refractivity contribution is 0.0738. The normalized spacial score (nSPS) is 20.6. The Labute approximate surface area is 158 Å². The van der Waals surface area contributed by atoms with Gasteiger partial charge in [-0.25, -0.2) is 4.98 Å². The van der Waals surface area contributed by atoms with Crippen LogP contribution in [0, 0.1) is 0 Å². The molecule has 9 heteroatoms. The first kappa shape index (κ1) is 17.7. The number of hydrogen-bond acceptors (Lipinski definition) is 7. The van der Waals surface area contributed by atoms with Crippen LogP contribution >= 0.6 is 0 Å². The third-order valence-electron chi connectivity index (χ3n) is 5.15. The van der Waals surface area contributed by atoms with Gasteiger partial charge < -0.3 is 19.9 Å². The minimum atomic E-state index is -0.0104. The Hall–Kier alpha value is -2.68. The lowest BCUT2D eigenvalue weighted by atomic mass is 10.1. The molecular formula is C18H25N7O2. The van der Waals surface area contributed by atoms with Crippen molar-refractivity contribution in [1.82, 2.24) is 30.0 Å². The molecule has 0 aliphatic carbocycles. The zero-order valence-corrected chi connectivity index (χ0v) is 15.5. The quantitative estimate of drug-likeness (QED) is 0.840. The van der Waals surface area contributed by atoms with E-state index in [0.717, 1.165) is 25.9 Å². The van der Waals surface area contributed by atoms with Crippen molar-refractivity contribution in [2.75, 3.05) is 51.3 Å². The molecule has 1 N–H and O–H groups in total. The average Bonchev–Trinajstić information content (AvgIpc) is 3.24. The summed E-state index contributed by atoms with van der Waals surface area (Å²) >= 11 is 0. The molecule has 0 spiro atoms. The fourth-order valence-corrected chi connectivity index (χ4v) is 3.58. The van der Waals surface area contributed by atoms with E-state index in [0.29, 0.717) is 49.7 Å². The summed E-state index contributed by atoms with van der Waals surface area (Å²) in [6, 6.07) is 3.89. The molecule has 2 saturated heterocycles. The molecule has 4 heterocycles. The largest absolute Gasteiger partial charge is 0.481 e. The van der Waals surface area contributed by atoms with E-state index < -0.39 is 0 Å². The third-order valence-corrected chi connectivity index (χ3v) is 5.15. The number of ether oxygens (including phenoxy) is 1. The lowest BCUT2D eigenvalue weighted by Gasteiger charge is -2.34. The maximum Gasteiger partial charge on any atom is 0.274 e. The summed E-state index contributed by atoms with van der Waals surface area (Å²) in [5.41, 5.74) is 0.520. The fourth-order valence-electron chi connectivity index (χ4n) is 3.58. The van der Waals surface area contributed by atoms with Crippen LogP contribution in [0.5, 0.6) is 5.88 Å². The Morgan fingerprint density at radius 2 is 2.11 bits per heavy atom. The molecule has 1 amide bonds. The Morgan fingerprint density at radius 1 is 1.26 bits per heavy atom. The number of anilines is 1. The summed E-state index contributed by atoms with van der Waals surface area (Å²) in [6.45, 7) is 4.59. The molecule has 2 aliphatic rings. The summed E-state index contributed by atoms with van der Waals surface area (Å²) in [6.07, 6.45) is 5.85. The second kappa shape index (κ2) is 7.91. The van der Waals surface area contributed by atoms with Crippen LogP contribution in [0.3, 0.4) is 0 Å². The van der Waals surface area contributed by atoms with Crippen molar-refractivity contribution < 1.29 is 9.53 Å². The Morgan fingerprint density at radius 3 is 2.85 bits per heavy atom. The van der Waals surface area contributed by atoms with E-state index in [2.05, 4.69) is 25.3 Å². The highest BCUT2D eigenvalue weighted by Gasteiger charge is 2.26. The number of aromatic nitrogens is 4. The van der Waals surface area contributed by atoms with Gasteiger partial charge in [-0.15, -0.1) is 0 Å². The Balaban J connectivity index is 1.36. The molecule has 4 rings (SSSR count). The zero-order valence-electron chi connectivity index (χ0n) is 15.5. The van der Waals surface area contributed by atoms with Crippen molar-refractivity contribution >= 4 is 11.9 Å². The first-order chi connectivity index (χ1) is 13.2. The monoisotopic (exact) mass is 371 g/mol. The van der Waals surface area contributed by atoms with Gasteiger partial charge >= 0.3 is 0 Å². The van der Waals surface area contributed by atoms with E-state index in [1.165, 1.54) is 0 Å². The van der Waals surface area contributed by atoms with Crippen LogP contribution in [-0.4, -0.2) is 76.9 Å². The van der Waals surface area contributed by atoms with Gasteiger partial charge in [-0.05, 0) is 25.5 Å². The molecule has 144 valence electrons. The van der Waals surface area contributed by atoms with Gasteiger partial charge in [-0.2, -0.15) is 10.1 Å². The summed E-state index contributed by atoms with van der Waals surface area (Å²) in [4.78, 5) is 25.4. The molecular weight excluding hydrogens is 346 g/mol. The first-order valence-electron chi connectivity index (χ1n) is 9.42. The van der Waals surface area contributed by atoms with Crippen molar-refractivity contribution in [1.29, 1.82) is 0 Å². The molecule has 1 unspecified atom stereocenters. The Bertz CT molecular complexity index is 780. The highest BCUT2D eigenvalue weighted by Crippen LogP contribution is 2.18. The van der Waals surface area contributed by atoms with Gasteiger partial charge in [0.15, 0.2) is 0 Å². The minimum absolute atomic E-state index is 0.0104. The van der Waals surface area contributed by atoms with Gasteiger partial charge in [0.05, 0.1) is 13.2 Å². The van der Waals surface area contributed by atoms with E-state index in [-0.39, 0.29) is 5.91 Å². The second-order valence-corrected chi connectivity index (χ2v) is 6.86. The number of carbonyl (C=O) groups excluding carboxylic acids is 1. The van der Waals surface area contributed by atoms with Gasteiger partial charge in [0.1, 0.15) is 5.69 Å². The molecule has 0 radical (unpaired) electrons. The van der Waals surface area contributed by atoms with Crippen LogP contribution in [0.1, 0.15) is 29.4 Å². The smallest absolute Gasteiger partial charge is 0.274 e. The SMILES string of the molecule is COc1ccnc(N2CCN(C(=O)c3ccn(C4CCCNC4)n3)CC2)n1. The van der Waals surface area contributed by atoms with Crippen molar-refractivity contribution in [2.45, 2.75) is 18.9 Å².